The molecule has 0 saturated carbocycles. The molecule has 0 bridgehead atoms. The highest BCUT2D eigenvalue weighted by Gasteiger charge is 2.30. The summed E-state index contributed by atoms with van der Waals surface area (Å²) in [6, 6.07) is 9.07. The first-order valence-corrected chi connectivity index (χ1v) is 7.68. The highest BCUT2D eigenvalue weighted by Crippen LogP contribution is 2.28. The van der Waals surface area contributed by atoms with Crippen molar-refractivity contribution in [1.29, 1.82) is 5.26 Å². The van der Waals surface area contributed by atoms with Gasteiger partial charge in [-0.05, 0) is 31.5 Å². The van der Waals surface area contributed by atoms with Crippen molar-refractivity contribution in [2.75, 3.05) is 31.6 Å². The van der Waals surface area contributed by atoms with E-state index >= 15 is 0 Å². The van der Waals surface area contributed by atoms with E-state index in [-0.39, 0.29) is 17.9 Å². The number of nitrogens with one attached hydrogen (secondary N) is 1. The van der Waals surface area contributed by atoms with Gasteiger partial charge < -0.3 is 15.3 Å². The molecule has 5 heteroatoms. The first-order chi connectivity index (χ1) is 10.6. The van der Waals surface area contributed by atoms with Gasteiger partial charge in [-0.1, -0.05) is 19.1 Å². The fraction of sp³-hybridized carbons (Fsp3) is 0.529. The van der Waals surface area contributed by atoms with E-state index in [1.165, 1.54) is 0 Å². The number of piperidine rings is 1. The second-order valence-electron chi connectivity index (χ2n) is 6.30. The Morgan fingerprint density at radius 3 is 3.00 bits per heavy atom. The van der Waals surface area contributed by atoms with Gasteiger partial charge in [-0.3, -0.25) is 4.79 Å². The van der Waals surface area contributed by atoms with Gasteiger partial charge >= 0.3 is 0 Å². The van der Waals surface area contributed by atoms with Gasteiger partial charge in [0.2, 0.25) is 5.91 Å². The van der Waals surface area contributed by atoms with Gasteiger partial charge in [0.15, 0.2) is 0 Å². The number of hydrogen-bond donors (Lipinski definition) is 2. The summed E-state index contributed by atoms with van der Waals surface area (Å²) < 4.78 is 0. The minimum atomic E-state index is -0.0843. The summed E-state index contributed by atoms with van der Waals surface area (Å²) in [6.45, 7) is 4.74. The Labute approximate surface area is 131 Å². The summed E-state index contributed by atoms with van der Waals surface area (Å²) in [5, 5.41) is 21.3. The van der Waals surface area contributed by atoms with E-state index in [0.717, 1.165) is 25.9 Å². The summed E-state index contributed by atoms with van der Waals surface area (Å²) in [5.74, 6) is -0.0843. The number of anilines is 1. The van der Waals surface area contributed by atoms with E-state index in [2.05, 4.69) is 23.2 Å². The first-order valence-electron chi connectivity index (χ1n) is 7.68. The number of amides is 1. The van der Waals surface area contributed by atoms with Crippen molar-refractivity contribution >= 4 is 11.6 Å². The molecule has 1 heterocycles. The Balaban J connectivity index is 1.84. The van der Waals surface area contributed by atoms with E-state index in [0.29, 0.717) is 24.2 Å². The average Bonchev–Trinajstić information content (AvgIpc) is 2.54. The van der Waals surface area contributed by atoms with Crippen LogP contribution in [-0.4, -0.2) is 42.2 Å². The minimum Gasteiger partial charge on any atom is -0.396 e. The van der Waals surface area contributed by atoms with E-state index < -0.39 is 0 Å². The van der Waals surface area contributed by atoms with Crippen LogP contribution in [0.4, 0.5) is 5.69 Å². The van der Waals surface area contributed by atoms with Gasteiger partial charge in [0, 0.05) is 31.5 Å². The molecule has 1 atom stereocenters. The average molecular weight is 301 g/mol. The molecular formula is C17H23N3O2. The van der Waals surface area contributed by atoms with E-state index in [9.17, 15) is 9.90 Å². The lowest BCUT2D eigenvalue weighted by molar-refractivity contribution is -0.116. The lowest BCUT2D eigenvalue weighted by atomic mass is 9.83. The van der Waals surface area contributed by atoms with Gasteiger partial charge in [0.05, 0.1) is 11.3 Å². The summed E-state index contributed by atoms with van der Waals surface area (Å²) >= 11 is 0. The van der Waals surface area contributed by atoms with Gasteiger partial charge in [0.1, 0.15) is 6.07 Å². The number of hydrogen-bond acceptors (Lipinski definition) is 4. The van der Waals surface area contributed by atoms with E-state index in [4.69, 9.17) is 5.26 Å². The molecule has 2 rings (SSSR count). The molecule has 1 aliphatic heterocycles. The zero-order valence-corrected chi connectivity index (χ0v) is 13.0. The number of benzene rings is 1. The summed E-state index contributed by atoms with van der Waals surface area (Å²) in [7, 11) is 0. The number of aliphatic hydroxyl groups is 1. The summed E-state index contributed by atoms with van der Waals surface area (Å²) in [4.78, 5) is 14.3. The van der Waals surface area contributed by atoms with Crippen LogP contribution in [0.2, 0.25) is 0 Å². The van der Waals surface area contributed by atoms with Crippen molar-refractivity contribution in [2.24, 2.45) is 5.41 Å². The van der Waals surface area contributed by atoms with Gasteiger partial charge in [-0.15, -0.1) is 0 Å². The number of likely N-dealkylation sites (tertiary alicyclic amines) is 1. The molecule has 1 aromatic rings. The maximum absolute atomic E-state index is 12.1. The maximum atomic E-state index is 12.1. The van der Waals surface area contributed by atoms with Gasteiger partial charge in [-0.25, -0.2) is 0 Å². The number of nitriles is 1. The van der Waals surface area contributed by atoms with Gasteiger partial charge in [-0.2, -0.15) is 5.26 Å². The Morgan fingerprint density at radius 2 is 2.27 bits per heavy atom. The summed E-state index contributed by atoms with van der Waals surface area (Å²) in [6.07, 6.45) is 2.47. The van der Waals surface area contributed by atoms with Crippen molar-refractivity contribution in [1.82, 2.24) is 4.90 Å². The van der Waals surface area contributed by atoms with Crippen LogP contribution in [0.3, 0.4) is 0 Å². The van der Waals surface area contributed by atoms with Crippen molar-refractivity contribution in [3.8, 4) is 6.07 Å². The normalized spacial score (nSPS) is 22.0. The Morgan fingerprint density at radius 1 is 1.50 bits per heavy atom. The Kier molecular flexibility index (Phi) is 5.53. The van der Waals surface area contributed by atoms with Crippen molar-refractivity contribution in [3.63, 3.8) is 0 Å². The largest absolute Gasteiger partial charge is 0.396 e. The standard InChI is InChI=1S/C17H23N3O2/c1-17(13-21)8-4-9-20(12-17)10-7-16(22)19-15-6-3-2-5-14(15)11-18/h2-3,5-6,21H,4,7-10,12-13H2,1H3,(H,19,22). The van der Waals surface area contributed by atoms with Crippen LogP contribution in [0.25, 0.3) is 0 Å². The number of aliphatic hydroxyl groups excluding tert-OH is 1. The fourth-order valence-electron chi connectivity index (χ4n) is 2.91. The van der Waals surface area contributed by atoms with Crippen molar-refractivity contribution in [3.05, 3.63) is 29.8 Å². The molecule has 0 radical (unpaired) electrons. The van der Waals surface area contributed by atoms with E-state index in [1.807, 2.05) is 0 Å². The predicted octanol–water partition coefficient (Wildman–Crippen LogP) is 1.98. The number of carbonyl (C=O) groups excluding carboxylic acids is 1. The number of carbonyl (C=O) groups is 1. The SMILES string of the molecule is CC1(CO)CCCN(CCC(=O)Nc2ccccc2C#N)C1. The third-order valence-electron chi connectivity index (χ3n) is 4.22. The molecule has 118 valence electrons. The molecule has 0 aromatic heterocycles. The lowest BCUT2D eigenvalue weighted by Crippen LogP contribution is -2.44. The Bertz CT molecular complexity index is 567. The van der Waals surface area contributed by atoms with Crippen molar-refractivity contribution in [2.45, 2.75) is 26.2 Å². The van der Waals surface area contributed by atoms with Crippen LogP contribution < -0.4 is 5.32 Å². The second kappa shape index (κ2) is 7.39. The number of para-hydroxylation sites is 1. The van der Waals surface area contributed by atoms with Crippen molar-refractivity contribution < 1.29 is 9.90 Å². The van der Waals surface area contributed by atoms with Crippen LogP contribution in [0.15, 0.2) is 24.3 Å². The first kappa shape index (κ1) is 16.5. The van der Waals surface area contributed by atoms with E-state index in [1.54, 1.807) is 24.3 Å². The fourth-order valence-corrected chi connectivity index (χ4v) is 2.91. The molecule has 1 aliphatic rings. The quantitative estimate of drug-likeness (QED) is 0.872. The van der Waals surface area contributed by atoms with Crippen LogP contribution in [0, 0.1) is 16.7 Å². The second-order valence-corrected chi connectivity index (χ2v) is 6.30. The third-order valence-corrected chi connectivity index (χ3v) is 4.22. The molecule has 1 fully saturated rings. The van der Waals surface area contributed by atoms with Crippen LogP contribution in [0.5, 0.6) is 0 Å². The maximum Gasteiger partial charge on any atom is 0.225 e. The highest BCUT2D eigenvalue weighted by molar-refractivity contribution is 5.92. The predicted molar refractivity (Wildman–Crippen MR) is 85.3 cm³/mol. The molecular weight excluding hydrogens is 278 g/mol. The van der Waals surface area contributed by atoms with Crippen LogP contribution in [-0.2, 0) is 4.79 Å². The highest BCUT2D eigenvalue weighted by atomic mass is 16.3. The third kappa shape index (κ3) is 4.30. The number of nitrogens with zero attached hydrogens (tertiary/aromatic N) is 2. The molecule has 1 amide bonds. The zero-order valence-electron chi connectivity index (χ0n) is 13.0. The monoisotopic (exact) mass is 301 g/mol. The molecule has 5 nitrogen and oxygen atoms in total. The molecule has 0 aliphatic carbocycles. The molecule has 1 saturated heterocycles. The zero-order chi connectivity index (χ0) is 16.0. The molecule has 22 heavy (non-hydrogen) atoms. The Hall–Kier alpha value is -1.90. The summed E-state index contributed by atoms with van der Waals surface area (Å²) in [5.41, 5.74) is 0.984. The van der Waals surface area contributed by atoms with Gasteiger partial charge in [0.25, 0.3) is 0 Å². The lowest BCUT2D eigenvalue weighted by Gasteiger charge is -2.39. The van der Waals surface area contributed by atoms with Crippen LogP contribution in [0.1, 0.15) is 31.7 Å². The van der Waals surface area contributed by atoms with Crippen LogP contribution >= 0.6 is 0 Å². The molecule has 1 aromatic carbocycles. The number of rotatable bonds is 5. The smallest absolute Gasteiger partial charge is 0.225 e. The molecule has 0 spiro atoms. The molecule has 2 N–H and O–H groups in total. The molecule has 1 unspecified atom stereocenters. The topological polar surface area (TPSA) is 76.4 Å². The minimum absolute atomic E-state index is 0.0534.